The van der Waals surface area contributed by atoms with Crippen molar-refractivity contribution in [2.45, 2.75) is 82.5 Å². The molecule has 6 heterocycles. The number of piperazine rings is 1. The third-order valence-electron chi connectivity index (χ3n) is 10.8. The van der Waals surface area contributed by atoms with Crippen molar-refractivity contribution in [2.24, 2.45) is 0 Å². The topological polar surface area (TPSA) is 102 Å². The van der Waals surface area contributed by atoms with Crippen molar-refractivity contribution in [3.63, 3.8) is 0 Å². The summed E-state index contributed by atoms with van der Waals surface area (Å²) in [4.78, 5) is 34.8. The number of benzene rings is 2. The summed E-state index contributed by atoms with van der Waals surface area (Å²) in [5.74, 6) is 0.554. The van der Waals surface area contributed by atoms with Crippen molar-refractivity contribution in [3.05, 3.63) is 46.2 Å². The number of fused-ring (bicyclic) bond motifs is 5. The Balaban J connectivity index is 1.22. The van der Waals surface area contributed by atoms with E-state index < -0.39 is 11.4 Å². The molecule has 2 bridgehead atoms. The number of carbonyl (C=O) groups is 1. The fourth-order valence-electron chi connectivity index (χ4n) is 8.60. The van der Waals surface area contributed by atoms with Crippen LogP contribution in [0.4, 0.5) is 15.0 Å². The SMILES string of the molecule is COCOc1cc(-c2nc3nc(OCC45CCCN4CCC5)nc(N4C[C@H]5CC[C@@H](C4)N5C(=O)OC(C)(C)C)c3cc2Cl)c2c(Cl)c(F)ccc2c1. The van der Waals surface area contributed by atoms with Crippen LogP contribution in [0.3, 0.4) is 0 Å². The summed E-state index contributed by atoms with van der Waals surface area (Å²) in [6.07, 6.45) is 5.87. The summed E-state index contributed by atoms with van der Waals surface area (Å²) >= 11 is 13.7. The van der Waals surface area contributed by atoms with Crippen molar-refractivity contribution >= 4 is 56.9 Å². The van der Waals surface area contributed by atoms with Gasteiger partial charge in [-0.2, -0.15) is 9.97 Å². The van der Waals surface area contributed by atoms with E-state index in [4.69, 9.17) is 57.1 Å². The van der Waals surface area contributed by atoms with Crippen LogP contribution < -0.4 is 14.4 Å². The molecule has 4 fully saturated rings. The fourth-order valence-corrected chi connectivity index (χ4v) is 9.13. The smallest absolute Gasteiger partial charge is 0.410 e. The first kappa shape index (κ1) is 35.3. The van der Waals surface area contributed by atoms with Crippen molar-refractivity contribution in [1.29, 1.82) is 0 Å². The number of amides is 1. The minimum absolute atomic E-state index is 0.0120. The number of ether oxygens (including phenoxy) is 4. The Labute approximate surface area is 312 Å². The highest BCUT2D eigenvalue weighted by molar-refractivity contribution is 6.38. The first-order chi connectivity index (χ1) is 24.9. The molecule has 4 aliphatic heterocycles. The van der Waals surface area contributed by atoms with Crippen LogP contribution in [-0.4, -0.2) is 101 Å². The van der Waals surface area contributed by atoms with E-state index in [-0.39, 0.29) is 41.5 Å². The number of hydrogen-bond acceptors (Lipinski definition) is 10. The van der Waals surface area contributed by atoms with Gasteiger partial charge in [0.1, 0.15) is 29.6 Å². The van der Waals surface area contributed by atoms with Gasteiger partial charge in [-0.25, -0.2) is 14.2 Å². The fraction of sp³-hybridized carbons (Fsp3) is 0.526. The van der Waals surface area contributed by atoms with E-state index in [0.29, 0.717) is 69.3 Å². The zero-order valence-electron chi connectivity index (χ0n) is 29.9. The third kappa shape index (κ3) is 6.45. The Kier molecular flexibility index (Phi) is 9.25. The van der Waals surface area contributed by atoms with Gasteiger partial charge in [0, 0.05) is 31.1 Å². The Morgan fingerprint density at radius 1 is 1.00 bits per heavy atom. The molecule has 0 N–H and O–H groups in total. The number of aromatic nitrogens is 3. The first-order valence-electron chi connectivity index (χ1n) is 18.0. The average molecular weight is 754 g/mol. The van der Waals surface area contributed by atoms with Gasteiger partial charge in [0.25, 0.3) is 0 Å². The predicted molar refractivity (Wildman–Crippen MR) is 198 cm³/mol. The van der Waals surface area contributed by atoms with E-state index in [1.807, 2.05) is 25.7 Å². The van der Waals surface area contributed by atoms with Crippen LogP contribution >= 0.6 is 23.2 Å². The third-order valence-corrected chi connectivity index (χ3v) is 11.5. The molecule has 0 spiro atoms. The first-order valence-corrected chi connectivity index (χ1v) is 18.7. The summed E-state index contributed by atoms with van der Waals surface area (Å²) in [6.45, 7) is 9.40. The highest BCUT2D eigenvalue weighted by atomic mass is 35.5. The maximum Gasteiger partial charge on any atom is 0.410 e. The van der Waals surface area contributed by atoms with Gasteiger partial charge in [0.2, 0.25) is 0 Å². The number of carbonyl (C=O) groups excluding carboxylic acids is 1. The molecule has 1 amide bonds. The summed E-state index contributed by atoms with van der Waals surface area (Å²) in [5, 5.41) is 1.99. The second kappa shape index (κ2) is 13.6. The van der Waals surface area contributed by atoms with Crippen molar-refractivity contribution in [3.8, 4) is 23.0 Å². The lowest BCUT2D eigenvalue weighted by Crippen LogP contribution is -2.57. The Morgan fingerprint density at radius 3 is 2.42 bits per heavy atom. The van der Waals surface area contributed by atoms with Crippen LogP contribution in [0.2, 0.25) is 10.0 Å². The number of pyridine rings is 1. The van der Waals surface area contributed by atoms with Crippen LogP contribution in [-0.2, 0) is 9.47 Å². The number of halogens is 3. The predicted octanol–water partition coefficient (Wildman–Crippen LogP) is 7.87. The number of nitrogens with zero attached hydrogens (tertiary/aromatic N) is 6. The van der Waals surface area contributed by atoms with Gasteiger partial charge in [-0.3, -0.25) is 9.80 Å². The van der Waals surface area contributed by atoms with E-state index >= 15 is 0 Å². The largest absolute Gasteiger partial charge is 0.468 e. The molecule has 11 nitrogen and oxygen atoms in total. The molecule has 8 rings (SSSR count). The minimum atomic E-state index is -0.590. The van der Waals surface area contributed by atoms with E-state index in [1.165, 1.54) is 13.2 Å². The maximum absolute atomic E-state index is 14.9. The van der Waals surface area contributed by atoms with Gasteiger partial charge >= 0.3 is 12.1 Å². The van der Waals surface area contributed by atoms with Crippen LogP contribution in [0.25, 0.3) is 33.1 Å². The van der Waals surface area contributed by atoms with Crippen LogP contribution in [0.5, 0.6) is 11.8 Å². The zero-order valence-corrected chi connectivity index (χ0v) is 31.4. The molecule has 0 radical (unpaired) electrons. The van der Waals surface area contributed by atoms with E-state index in [2.05, 4.69) is 9.80 Å². The number of methoxy groups -OCH3 is 1. The lowest BCUT2D eigenvalue weighted by Gasteiger charge is -2.42. The highest BCUT2D eigenvalue weighted by Gasteiger charge is 2.46. The normalized spacial score (nSPS) is 21.3. The van der Waals surface area contributed by atoms with Crippen LogP contribution in [0.15, 0.2) is 30.3 Å². The molecule has 2 aromatic carbocycles. The lowest BCUT2D eigenvalue weighted by molar-refractivity contribution is 0.0122. The van der Waals surface area contributed by atoms with Gasteiger partial charge in [-0.1, -0.05) is 29.3 Å². The average Bonchev–Trinajstić information content (AvgIpc) is 3.77. The summed E-state index contributed by atoms with van der Waals surface area (Å²) < 4.78 is 38.2. The number of hydrogen-bond donors (Lipinski definition) is 0. The molecular weight excluding hydrogens is 710 g/mol. The minimum Gasteiger partial charge on any atom is -0.468 e. The van der Waals surface area contributed by atoms with Crippen LogP contribution in [0.1, 0.15) is 59.3 Å². The highest BCUT2D eigenvalue weighted by Crippen LogP contribution is 2.44. The summed E-state index contributed by atoms with van der Waals surface area (Å²) in [5.41, 5.74) is 0.608. The van der Waals surface area contributed by atoms with Gasteiger partial charge in [0.15, 0.2) is 12.4 Å². The van der Waals surface area contributed by atoms with E-state index in [9.17, 15) is 9.18 Å². The molecule has 4 saturated heterocycles. The summed E-state index contributed by atoms with van der Waals surface area (Å²) in [6, 6.07) is 8.39. The van der Waals surface area contributed by atoms with Crippen LogP contribution in [0, 0.1) is 5.82 Å². The molecule has 0 aliphatic carbocycles. The second-order valence-electron chi connectivity index (χ2n) is 15.4. The molecule has 2 aromatic heterocycles. The zero-order chi connectivity index (χ0) is 36.4. The van der Waals surface area contributed by atoms with Crippen molar-refractivity contribution in [2.75, 3.05) is 51.6 Å². The molecule has 14 heteroatoms. The maximum atomic E-state index is 14.9. The second-order valence-corrected chi connectivity index (χ2v) is 16.2. The molecule has 0 saturated carbocycles. The van der Waals surface area contributed by atoms with E-state index in [0.717, 1.165) is 51.6 Å². The lowest BCUT2D eigenvalue weighted by atomic mass is 9.95. The summed E-state index contributed by atoms with van der Waals surface area (Å²) in [7, 11) is 1.53. The Morgan fingerprint density at radius 2 is 1.73 bits per heavy atom. The van der Waals surface area contributed by atoms with Gasteiger partial charge in [-0.15, -0.1) is 0 Å². The monoisotopic (exact) mass is 752 g/mol. The molecule has 4 aliphatic rings. The quantitative estimate of drug-likeness (QED) is 0.165. The Hall–Kier alpha value is -3.71. The van der Waals surface area contributed by atoms with E-state index in [1.54, 1.807) is 24.3 Å². The van der Waals surface area contributed by atoms with Gasteiger partial charge in [0.05, 0.1) is 38.7 Å². The molecular formula is C38H43Cl2FN6O5. The van der Waals surface area contributed by atoms with Gasteiger partial charge in [-0.05, 0) is 102 Å². The molecule has 2 atom stereocenters. The number of anilines is 1. The molecule has 276 valence electrons. The standard InChI is InChI=1S/C38H43Cl2FN6O5/c1-37(2,3)52-36(48)47-23-8-9-24(47)19-45(18-23)34-27-17-28(39)32(26-16-25(51-21-49-4)15-22-7-10-29(41)31(40)30(22)26)42-33(27)43-35(44-34)50-20-38-11-5-13-46(38)14-6-12-38/h7,10,15-17,23-24H,5-6,8-9,11-14,18-21H2,1-4H3/t23-,24+. The Bertz CT molecular complexity index is 2020. The number of rotatable bonds is 8. The molecule has 4 aromatic rings. The van der Waals surface area contributed by atoms with Gasteiger partial charge < -0.3 is 23.8 Å². The molecule has 0 unspecified atom stereocenters. The van der Waals surface area contributed by atoms with Crippen molar-refractivity contribution < 1.29 is 28.1 Å². The van der Waals surface area contributed by atoms with Crippen molar-refractivity contribution in [1.82, 2.24) is 24.8 Å². The molecule has 52 heavy (non-hydrogen) atoms.